The smallest absolute Gasteiger partial charge is 0.0995 e. The van der Waals surface area contributed by atoms with Crippen LogP contribution in [0.25, 0.3) is 10.1 Å². The van der Waals surface area contributed by atoms with Gasteiger partial charge < -0.3 is 0 Å². The van der Waals surface area contributed by atoms with Crippen molar-refractivity contribution in [1.29, 1.82) is 5.26 Å². The predicted octanol–water partition coefficient (Wildman–Crippen LogP) is 3.34. The van der Waals surface area contributed by atoms with E-state index in [1.165, 1.54) is 15.6 Å². The Hall–Kier alpha value is -1.33. The summed E-state index contributed by atoms with van der Waals surface area (Å²) in [6.07, 6.45) is 0.931. The van der Waals surface area contributed by atoms with Crippen LogP contribution in [0.3, 0.4) is 0 Å². The van der Waals surface area contributed by atoms with E-state index in [0.717, 1.165) is 12.0 Å². The van der Waals surface area contributed by atoms with E-state index in [4.69, 9.17) is 5.26 Å². The van der Waals surface area contributed by atoms with Crippen LogP contribution in [0.15, 0.2) is 23.6 Å². The molecule has 0 aliphatic carbocycles. The number of benzene rings is 1. The molecule has 0 saturated carbocycles. The van der Waals surface area contributed by atoms with Crippen LogP contribution in [0.1, 0.15) is 18.1 Å². The van der Waals surface area contributed by atoms with Gasteiger partial charge in [0.25, 0.3) is 0 Å². The van der Waals surface area contributed by atoms with Gasteiger partial charge in [-0.1, -0.05) is 13.0 Å². The summed E-state index contributed by atoms with van der Waals surface area (Å²) in [6, 6.07) is 8.26. The first kappa shape index (κ1) is 8.28. The summed E-state index contributed by atoms with van der Waals surface area (Å²) in [5, 5.41) is 12.2. The highest BCUT2D eigenvalue weighted by Crippen LogP contribution is 2.27. The van der Waals surface area contributed by atoms with E-state index >= 15 is 0 Å². The molecule has 0 amide bonds. The average Bonchev–Trinajstić information content (AvgIpc) is 2.63. The van der Waals surface area contributed by atoms with Crippen molar-refractivity contribution >= 4 is 21.4 Å². The number of fused-ring (bicyclic) bond motifs is 1. The van der Waals surface area contributed by atoms with Crippen molar-refractivity contribution in [2.75, 3.05) is 0 Å². The van der Waals surface area contributed by atoms with Crippen molar-refractivity contribution in [3.05, 3.63) is 34.7 Å². The molecule has 13 heavy (non-hydrogen) atoms. The van der Waals surface area contributed by atoms with Gasteiger partial charge in [0.2, 0.25) is 0 Å². The van der Waals surface area contributed by atoms with Crippen LogP contribution in [-0.4, -0.2) is 0 Å². The third kappa shape index (κ3) is 1.22. The Kier molecular flexibility index (Phi) is 2.03. The fourth-order valence-electron chi connectivity index (χ4n) is 1.55. The maximum Gasteiger partial charge on any atom is 0.0995 e. The molecule has 0 atom stereocenters. The van der Waals surface area contributed by atoms with Crippen molar-refractivity contribution in [3.8, 4) is 6.07 Å². The minimum Gasteiger partial charge on any atom is -0.192 e. The molecule has 0 aliphatic heterocycles. The highest BCUT2D eigenvalue weighted by atomic mass is 32.1. The quantitative estimate of drug-likeness (QED) is 0.671. The normalized spacial score (nSPS) is 10.2. The zero-order chi connectivity index (χ0) is 9.26. The number of nitrogens with zero attached hydrogens (tertiary/aromatic N) is 1. The molecule has 0 radical (unpaired) electrons. The first-order valence-corrected chi connectivity index (χ1v) is 5.14. The molecule has 1 aromatic carbocycles. The third-order valence-electron chi connectivity index (χ3n) is 2.20. The molecule has 2 heteroatoms. The van der Waals surface area contributed by atoms with Crippen molar-refractivity contribution in [2.24, 2.45) is 0 Å². The fourth-order valence-corrected chi connectivity index (χ4v) is 2.57. The minimum atomic E-state index is 0.817. The van der Waals surface area contributed by atoms with Gasteiger partial charge in [0.1, 0.15) is 0 Å². The number of rotatable bonds is 1. The highest BCUT2D eigenvalue weighted by molar-refractivity contribution is 7.17. The summed E-state index contributed by atoms with van der Waals surface area (Å²) in [5.41, 5.74) is 2.01. The van der Waals surface area contributed by atoms with Crippen molar-refractivity contribution < 1.29 is 0 Å². The van der Waals surface area contributed by atoms with E-state index in [9.17, 15) is 0 Å². The highest BCUT2D eigenvalue weighted by Gasteiger charge is 2.05. The summed E-state index contributed by atoms with van der Waals surface area (Å²) < 4.78 is 1.27. The number of aryl methyl sites for hydroxylation is 1. The Labute approximate surface area is 81.2 Å². The second-order valence-electron chi connectivity index (χ2n) is 2.90. The van der Waals surface area contributed by atoms with Gasteiger partial charge in [-0.3, -0.25) is 0 Å². The number of thiophene rings is 1. The SMILES string of the molecule is CCc1c(C#N)ccc2ccsc12. The van der Waals surface area contributed by atoms with Gasteiger partial charge in [-0.25, -0.2) is 0 Å². The summed E-state index contributed by atoms with van der Waals surface area (Å²) in [6.45, 7) is 2.09. The Morgan fingerprint density at radius 1 is 1.38 bits per heavy atom. The first-order valence-electron chi connectivity index (χ1n) is 4.26. The second kappa shape index (κ2) is 3.20. The Balaban J connectivity index is 2.84. The lowest BCUT2D eigenvalue weighted by Gasteiger charge is -2.01. The Bertz CT molecular complexity index is 476. The first-order chi connectivity index (χ1) is 6.36. The molecule has 0 aliphatic rings. The molecule has 1 aromatic heterocycles. The number of hydrogen-bond acceptors (Lipinski definition) is 2. The summed E-state index contributed by atoms with van der Waals surface area (Å²) in [7, 11) is 0. The van der Waals surface area contributed by atoms with E-state index < -0.39 is 0 Å². The number of hydrogen-bond donors (Lipinski definition) is 0. The van der Waals surface area contributed by atoms with Gasteiger partial charge >= 0.3 is 0 Å². The topological polar surface area (TPSA) is 23.8 Å². The van der Waals surface area contributed by atoms with Crippen LogP contribution < -0.4 is 0 Å². The van der Waals surface area contributed by atoms with E-state index in [1.54, 1.807) is 11.3 Å². The predicted molar refractivity (Wildman–Crippen MR) is 55.9 cm³/mol. The molecule has 2 aromatic rings. The monoisotopic (exact) mass is 187 g/mol. The van der Waals surface area contributed by atoms with Gasteiger partial charge in [0.05, 0.1) is 11.6 Å². The molecule has 0 fully saturated rings. The lowest BCUT2D eigenvalue weighted by Crippen LogP contribution is -1.86. The van der Waals surface area contributed by atoms with Crippen molar-refractivity contribution in [2.45, 2.75) is 13.3 Å². The summed E-state index contributed by atoms with van der Waals surface area (Å²) >= 11 is 1.72. The lowest BCUT2D eigenvalue weighted by atomic mass is 10.0. The third-order valence-corrected chi connectivity index (χ3v) is 3.19. The summed E-state index contributed by atoms with van der Waals surface area (Å²) in [4.78, 5) is 0. The largest absolute Gasteiger partial charge is 0.192 e. The second-order valence-corrected chi connectivity index (χ2v) is 3.81. The molecular weight excluding hydrogens is 178 g/mol. The maximum absolute atomic E-state index is 8.90. The zero-order valence-corrected chi connectivity index (χ0v) is 8.19. The van der Waals surface area contributed by atoms with Crippen LogP contribution in [0.4, 0.5) is 0 Å². The van der Waals surface area contributed by atoms with Gasteiger partial charge in [-0.2, -0.15) is 5.26 Å². The molecule has 1 nitrogen and oxygen atoms in total. The zero-order valence-electron chi connectivity index (χ0n) is 7.37. The lowest BCUT2D eigenvalue weighted by molar-refractivity contribution is 1.15. The maximum atomic E-state index is 8.90. The van der Waals surface area contributed by atoms with Crippen LogP contribution in [-0.2, 0) is 6.42 Å². The molecule has 0 unspecified atom stereocenters. The molecule has 0 saturated heterocycles. The van der Waals surface area contributed by atoms with Crippen molar-refractivity contribution in [1.82, 2.24) is 0 Å². The average molecular weight is 187 g/mol. The van der Waals surface area contributed by atoms with Crippen LogP contribution in [0.2, 0.25) is 0 Å². The van der Waals surface area contributed by atoms with E-state index in [0.29, 0.717) is 0 Å². The Morgan fingerprint density at radius 2 is 2.23 bits per heavy atom. The molecule has 2 rings (SSSR count). The summed E-state index contributed by atoms with van der Waals surface area (Å²) in [5.74, 6) is 0. The molecule has 0 N–H and O–H groups in total. The van der Waals surface area contributed by atoms with Crippen molar-refractivity contribution in [3.63, 3.8) is 0 Å². The van der Waals surface area contributed by atoms with Crippen LogP contribution in [0, 0.1) is 11.3 Å². The standard InChI is InChI=1S/C11H9NS/c1-2-10-9(7-12)4-3-8-5-6-13-11(8)10/h3-6H,2H2,1H3. The Morgan fingerprint density at radius 3 is 2.92 bits per heavy atom. The van der Waals surface area contributed by atoms with E-state index in [2.05, 4.69) is 24.4 Å². The van der Waals surface area contributed by atoms with E-state index in [1.807, 2.05) is 12.1 Å². The van der Waals surface area contributed by atoms with Gasteiger partial charge in [0.15, 0.2) is 0 Å². The molecule has 0 bridgehead atoms. The molecule has 64 valence electrons. The number of nitriles is 1. The van der Waals surface area contributed by atoms with Gasteiger partial charge in [-0.15, -0.1) is 11.3 Å². The molecule has 0 spiro atoms. The fraction of sp³-hybridized carbons (Fsp3) is 0.182. The molecule has 1 heterocycles. The van der Waals surface area contributed by atoms with Crippen LogP contribution >= 0.6 is 11.3 Å². The minimum absolute atomic E-state index is 0.817. The van der Waals surface area contributed by atoms with E-state index in [-0.39, 0.29) is 0 Å². The molecular formula is C11H9NS. The van der Waals surface area contributed by atoms with Gasteiger partial charge in [0, 0.05) is 4.70 Å². The van der Waals surface area contributed by atoms with Gasteiger partial charge in [-0.05, 0) is 34.9 Å². The van der Waals surface area contributed by atoms with Crippen LogP contribution in [0.5, 0.6) is 0 Å².